The second kappa shape index (κ2) is 10.1. The molecule has 0 spiro atoms. The molecule has 4 rings (SSSR count). The van der Waals surface area contributed by atoms with Gasteiger partial charge in [-0.3, -0.25) is 0 Å². The van der Waals surface area contributed by atoms with Gasteiger partial charge in [-0.25, -0.2) is 4.98 Å². The molecule has 2 heterocycles. The number of nitrogens with zero attached hydrogens (tertiary/aromatic N) is 2. The summed E-state index contributed by atoms with van der Waals surface area (Å²) in [5.41, 5.74) is 5.57. The van der Waals surface area contributed by atoms with Crippen LogP contribution in [-0.4, -0.2) is 23.8 Å². The Morgan fingerprint density at radius 3 is 2.35 bits per heavy atom. The molecule has 0 saturated heterocycles. The van der Waals surface area contributed by atoms with Crippen LogP contribution in [0.2, 0.25) is 0 Å². The lowest BCUT2D eigenvalue weighted by atomic mass is 10.1. The van der Waals surface area contributed by atoms with Crippen molar-refractivity contribution in [1.82, 2.24) is 4.98 Å². The Hall–Kier alpha value is -2.66. The summed E-state index contributed by atoms with van der Waals surface area (Å²) < 4.78 is 6.46. The van der Waals surface area contributed by atoms with Gasteiger partial charge >= 0.3 is 0 Å². The third-order valence-electron chi connectivity index (χ3n) is 5.41. The van der Waals surface area contributed by atoms with Gasteiger partial charge in [0, 0.05) is 41.2 Å². The number of pyridine rings is 1. The van der Waals surface area contributed by atoms with E-state index in [1.807, 2.05) is 0 Å². The molecule has 1 N–H and O–H groups in total. The van der Waals surface area contributed by atoms with Crippen molar-refractivity contribution in [3.05, 3.63) is 66.2 Å². The number of fused-ring (bicyclic) bond motifs is 3. The van der Waals surface area contributed by atoms with Crippen molar-refractivity contribution >= 4 is 23.1 Å². The number of benzene rings is 2. The number of nitrogens with one attached hydrogen (secondary N) is 1. The molecular weight excluding hydrogens is 402 g/mol. The van der Waals surface area contributed by atoms with Crippen LogP contribution in [0, 0.1) is 0 Å². The first-order chi connectivity index (χ1) is 15.2. The molecule has 5 heteroatoms. The third-order valence-corrected chi connectivity index (χ3v) is 6.22. The summed E-state index contributed by atoms with van der Waals surface area (Å²) in [7, 11) is 0. The molecule has 0 amide bonds. The molecule has 1 unspecified atom stereocenters. The molecule has 3 aromatic rings. The summed E-state index contributed by atoms with van der Waals surface area (Å²) in [4.78, 5) is 7.27. The second-order valence-corrected chi connectivity index (χ2v) is 8.99. The summed E-state index contributed by atoms with van der Waals surface area (Å²) in [5, 5.41) is 4.58. The number of ether oxygens (including phenoxy) is 1. The van der Waals surface area contributed by atoms with Crippen LogP contribution < -0.4 is 15.0 Å². The highest BCUT2D eigenvalue weighted by molar-refractivity contribution is 7.99. The smallest absolute Gasteiger partial charge is 0.224 e. The van der Waals surface area contributed by atoms with E-state index >= 15 is 0 Å². The van der Waals surface area contributed by atoms with Crippen molar-refractivity contribution in [2.24, 2.45) is 0 Å². The van der Waals surface area contributed by atoms with Gasteiger partial charge in [0.1, 0.15) is 5.03 Å². The highest BCUT2D eigenvalue weighted by Crippen LogP contribution is 2.41. The fraction of sp³-hybridized carbons (Fsp3) is 0.346. The van der Waals surface area contributed by atoms with Crippen LogP contribution in [0.25, 0.3) is 11.1 Å². The van der Waals surface area contributed by atoms with Gasteiger partial charge in [-0.2, -0.15) is 0 Å². The third kappa shape index (κ3) is 4.82. The molecule has 162 valence electrons. The van der Waals surface area contributed by atoms with Gasteiger partial charge in [0.15, 0.2) is 6.23 Å². The van der Waals surface area contributed by atoms with Gasteiger partial charge in [-0.1, -0.05) is 51.1 Å². The molecule has 0 saturated carbocycles. The van der Waals surface area contributed by atoms with Gasteiger partial charge in [-0.05, 0) is 48.9 Å². The Labute approximate surface area is 190 Å². The van der Waals surface area contributed by atoms with E-state index in [0.29, 0.717) is 5.88 Å². The summed E-state index contributed by atoms with van der Waals surface area (Å²) in [6.45, 7) is 8.75. The van der Waals surface area contributed by atoms with Crippen molar-refractivity contribution in [1.29, 1.82) is 0 Å². The van der Waals surface area contributed by atoms with E-state index in [2.05, 4.69) is 91.7 Å². The van der Waals surface area contributed by atoms with Crippen molar-refractivity contribution in [2.45, 2.75) is 44.9 Å². The molecule has 1 aromatic heterocycles. The molecule has 1 aliphatic rings. The average molecular weight is 434 g/mol. The van der Waals surface area contributed by atoms with Crippen molar-refractivity contribution < 1.29 is 4.74 Å². The van der Waals surface area contributed by atoms with Gasteiger partial charge in [0.05, 0.1) is 0 Å². The van der Waals surface area contributed by atoms with Crippen molar-refractivity contribution in [3.63, 3.8) is 0 Å². The summed E-state index contributed by atoms with van der Waals surface area (Å²) in [5.74, 6) is 1.67. The van der Waals surface area contributed by atoms with Crippen LogP contribution >= 0.6 is 11.8 Å². The molecule has 0 bridgehead atoms. The Kier molecular flexibility index (Phi) is 7.03. The van der Waals surface area contributed by atoms with Crippen LogP contribution in [-0.2, 0) is 0 Å². The standard InChI is InChI=1S/C26H31N3OS/c1-4-17-29(18-5-2)20-13-11-19(12-14-20)25-27-23-10-8-7-9-21(23)22-15-16-24(31-6-3)28-26(22)30-25/h7-16,25,27H,4-6,17-18H2,1-3H3. The monoisotopic (exact) mass is 433 g/mol. The number of para-hydroxylation sites is 1. The lowest BCUT2D eigenvalue weighted by Gasteiger charge is -2.25. The molecule has 1 aliphatic heterocycles. The highest BCUT2D eigenvalue weighted by Gasteiger charge is 2.24. The molecular formula is C26H31N3OS. The first-order valence-corrected chi connectivity index (χ1v) is 12.2. The zero-order valence-electron chi connectivity index (χ0n) is 18.6. The molecule has 31 heavy (non-hydrogen) atoms. The number of thioether (sulfide) groups is 1. The van der Waals surface area contributed by atoms with Crippen LogP contribution in [0.5, 0.6) is 5.88 Å². The first-order valence-electron chi connectivity index (χ1n) is 11.2. The number of anilines is 2. The lowest BCUT2D eigenvalue weighted by molar-refractivity contribution is 0.227. The largest absolute Gasteiger partial charge is 0.449 e. The van der Waals surface area contributed by atoms with E-state index in [1.54, 1.807) is 11.8 Å². The van der Waals surface area contributed by atoms with Gasteiger partial charge in [-0.15, -0.1) is 11.8 Å². The first kappa shape index (κ1) is 21.6. The summed E-state index contributed by atoms with van der Waals surface area (Å²) in [6.07, 6.45) is 2.00. The summed E-state index contributed by atoms with van der Waals surface area (Å²) in [6, 6.07) is 21.3. The van der Waals surface area contributed by atoms with Crippen LogP contribution in [0.1, 0.15) is 45.4 Å². The molecule has 2 aromatic carbocycles. The average Bonchev–Trinajstić information content (AvgIpc) is 2.96. The topological polar surface area (TPSA) is 37.4 Å². The van der Waals surface area contributed by atoms with E-state index in [4.69, 9.17) is 9.72 Å². The van der Waals surface area contributed by atoms with Crippen LogP contribution in [0.3, 0.4) is 0 Å². The molecule has 0 radical (unpaired) electrons. The Balaban J connectivity index is 1.67. The van der Waals surface area contributed by atoms with E-state index in [0.717, 1.165) is 59.1 Å². The minimum atomic E-state index is -0.295. The minimum Gasteiger partial charge on any atom is -0.449 e. The van der Waals surface area contributed by atoms with E-state index in [1.165, 1.54) is 5.69 Å². The van der Waals surface area contributed by atoms with Gasteiger partial charge in [0.25, 0.3) is 0 Å². The van der Waals surface area contributed by atoms with E-state index in [-0.39, 0.29) is 6.23 Å². The minimum absolute atomic E-state index is 0.295. The fourth-order valence-electron chi connectivity index (χ4n) is 3.99. The quantitative estimate of drug-likeness (QED) is 0.388. The Bertz CT molecular complexity index is 1000. The normalized spacial score (nSPS) is 14.6. The van der Waals surface area contributed by atoms with Gasteiger partial charge < -0.3 is 15.0 Å². The zero-order valence-corrected chi connectivity index (χ0v) is 19.4. The molecule has 0 aliphatic carbocycles. The zero-order chi connectivity index (χ0) is 21.6. The molecule has 0 fully saturated rings. The number of rotatable bonds is 8. The van der Waals surface area contributed by atoms with Gasteiger partial charge in [0.2, 0.25) is 5.88 Å². The molecule has 4 nitrogen and oxygen atoms in total. The highest BCUT2D eigenvalue weighted by atomic mass is 32.2. The number of hydrogen-bond donors (Lipinski definition) is 1. The van der Waals surface area contributed by atoms with Crippen molar-refractivity contribution in [2.75, 3.05) is 29.1 Å². The maximum Gasteiger partial charge on any atom is 0.224 e. The SMILES string of the molecule is CCCN(CCC)c1ccc(C2Nc3ccccc3-c3ccc(SCC)nc3O2)cc1. The maximum absolute atomic E-state index is 6.46. The predicted octanol–water partition coefficient (Wildman–Crippen LogP) is 6.99. The van der Waals surface area contributed by atoms with Crippen molar-refractivity contribution in [3.8, 4) is 17.0 Å². The number of hydrogen-bond acceptors (Lipinski definition) is 5. The molecule has 1 atom stereocenters. The second-order valence-electron chi connectivity index (χ2n) is 7.70. The van der Waals surface area contributed by atoms with E-state index in [9.17, 15) is 0 Å². The summed E-state index contributed by atoms with van der Waals surface area (Å²) >= 11 is 1.73. The Morgan fingerprint density at radius 2 is 1.65 bits per heavy atom. The van der Waals surface area contributed by atoms with Crippen LogP contribution in [0.15, 0.2) is 65.7 Å². The van der Waals surface area contributed by atoms with Crippen LogP contribution in [0.4, 0.5) is 11.4 Å². The fourth-order valence-corrected chi connectivity index (χ4v) is 4.60. The maximum atomic E-state index is 6.46. The number of aromatic nitrogens is 1. The Morgan fingerprint density at radius 1 is 0.903 bits per heavy atom. The van der Waals surface area contributed by atoms with E-state index < -0.39 is 0 Å². The lowest BCUT2D eigenvalue weighted by Crippen LogP contribution is -2.25. The predicted molar refractivity (Wildman–Crippen MR) is 132 cm³/mol.